The molecule has 3 aromatic heterocycles. The van der Waals surface area contributed by atoms with Crippen molar-refractivity contribution >= 4 is 22.7 Å². The predicted molar refractivity (Wildman–Crippen MR) is 106 cm³/mol. The number of aromatic nitrogens is 2. The predicted octanol–water partition coefficient (Wildman–Crippen LogP) is 3.85. The summed E-state index contributed by atoms with van der Waals surface area (Å²) in [5.74, 6) is 0.505. The van der Waals surface area contributed by atoms with Gasteiger partial charge in [-0.05, 0) is 61.7 Å². The third-order valence-corrected chi connectivity index (χ3v) is 5.37. The molecule has 0 saturated carbocycles. The minimum atomic E-state index is -0.674. The third kappa shape index (κ3) is 2.51. The quantitative estimate of drug-likeness (QED) is 0.519. The van der Waals surface area contributed by atoms with Gasteiger partial charge in [-0.3, -0.25) is 19.5 Å². The summed E-state index contributed by atoms with van der Waals surface area (Å²) in [5.41, 5.74) is 3.19. The number of nitrogens with zero attached hydrogens (tertiary/aromatic N) is 3. The molecule has 0 fully saturated rings. The number of anilines is 1. The zero-order valence-electron chi connectivity index (χ0n) is 16.1. The van der Waals surface area contributed by atoms with E-state index in [1.54, 1.807) is 43.6 Å². The van der Waals surface area contributed by atoms with Crippen molar-refractivity contribution in [2.45, 2.75) is 26.8 Å². The van der Waals surface area contributed by atoms with E-state index in [9.17, 15) is 9.59 Å². The molecule has 4 heterocycles. The molecule has 29 heavy (non-hydrogen) atoms. The van der Waals surface area contributed by atoms with Gasteiger partial charge in [-0.15, -0.1) is 0 Å². The molecule has 1 atom stereocenters. The summed E-state index contributed by atoms with van der Waals surface area (Å²) >= 11 is 0. The van der Waals surface area contributed by atoms with Gasteiger partial charge in [0.15, 0.2) is 11.2 Å². The Morgan fingerprint density at radius 2 is 1.72 bits per heavy atom. The van der Waals surface area contributed by atoms with Crippen molar-refractivity contribution < 1.29 is 13.7 Å². The Balaban J connectivity index is 1.84. The molecule has 7 nitrogen and oxygen atoms in total. The summed E-state index contributed by atoms with van der Waals surface area (Å²) in [5, 5.41) is 4.46. The maximum absolute atomic E-state index is 13.5. The van der Waals surface area contributed by atoms with Crippen molar-refractivity contribution in [3.63, 3.8) is 0 Å². The molecule has 0 radical (unpaired) electrons. The number of fused-ring (bicyclic) bond motifs is 2. The lowest BCUT2D eigenvalue weighted by atomic mass is 9.98. The van der Waals surface area contributed by atoms with E-state index in [0.717, 1.165) is 16.7 Å². The van der Waals surface area contributed by atoms with Gasteiger partial charge in [0.05, 0.1) is 17.0 Å². The molecule has 1 aromatic carbocycles. The van der Waals surface area contributed by atoms with Crippen molar-refractivity contribution in [2.75, 3.05) is 4.90 Å². The lowest BCUT2D eigenvalue weighted by Crippen LogP contribution is -2.29. The second-order valence-electron chi connectivity index (χ2n) is 7.26. The van der Waals surface area contributed by atoms with Crippen LogP contribution in [0.5, 0.6) is 0 Å². The highest BCUT2D eigenvalue weighted by Crippen LogP contribution is 2.40. The minimum absolute atomic E-state index is 0.0354. The SMILES string of the molecule is Cc1cc(N2C(=O)c3oc4cc(C)c(C)cc4c(=O)c3C2c2ccncc2)no1. The molecule has 1 amide bonds. The highest BCUT2D eigenvalue weighted by Gasteiger charge is 2.44. The number of carbonyl (C=O) groups is 1. The number of benzene rings is 1. The first-order valence-corrected chi connectivity index (χ1v) is 9.20. The lowest BCUT2D eigenvalue weighted by Gasteiger charge is -2.22. The average molecular weight is 387 g/mol. The standard InChI is InChI=1S/C22H17N3O4/c1-11-8-15-16(9-12(11)2)28-21-18(20(15)26)19(14-4-6-23-7-5-14)25(22(21)27)17-10-13(3)29-24-17/h4-10,19H,1-3H3. The fraction of sp³-hybridized carbons (Fsp3) is 0.182. The zero-order chi connectivity index (χ0) is 20.3. The van der Waals surface area contributed by atoms with Crippen molar-refractivity contribution in [3.8, 4) is 0 Å². The number of pyridine rings is 1. The van der Waals surface area contributed by atoms with Crippen LogP contribution in [0.1, 0.15) is 44.6 Å². The monoisotopic (exact) mass is 387 g/mol. The first-order chi connectivity index (χ1) is 14.0. The largest absolute Gasteiger partial charge is 0.450 e. The minimum Gasteiger partial charge on any atom is -0.450 e. The number of aryl methyl sites for hydroxylation is 3. The summed E-state index contributed by atoms with van der Waals surface area (Å²) in [6.45, 7) is 5.63. The first kappa shape index (κ1) is 17.4. The molecule has 0 aliphatic carbocycles. The summed E-state index contributed by atoms with van der Waals surface area (Å²) in [6, 6.07) is 8.15. The highest BCUT2D eigenvalue weighted by molar-refractivity contribution is 6.10. The van der Waals surface area contributed by atoms with Gasteiger partial charge in [0.1, 0.15) is 11.3 Å². The van der Waals surface area contributed by atoms with E-state index in [4.69, 9.17) is 8.94 Å². The number of carbonyl (C=O) groups excluding carboxylic acids is 1. The van der Waals surface area contributed by atoms with Gasteiger partial charge < -0.3 is 8.94 Å². The molecule has 0 saturated heterocycles. The molecule has 5 rings (SSSR count). The van der Waals surface area contributed by atoms with Crippen LogP contribution in [0.2, 0.25) is 0 Å². The molecule has 0 N–H and O–H groups in total. The van der Waals surface area contributed by atoms with Crippen molar-refractivity contribution in [1.29, 1.82) is 0 Å². The van der Waals surface area contributed by atoms with Gasteiger partial charge in [0.2, 0.25) is 5.76 Å². The van der Waals surface area contributed by atoms with E-state index in [-0.39, 0.29) is 11.2 Å². The fourth-order valence-electron chi connectivity index (χ4n) is 3.79. The molecule has 1 aliphatic rings. The molecule has 7 heteroatoms. The number of hydrogen-bond donors (Lipinski definition) is 0. The molecule has 0 bridgehead atoms. The number of rotatable bonds is 2. The van der Waals surface area contributed by atoms with Crippen molar-refractivity contribution in [3.05, 3.63) is 86.7 Å². The van der Waals surface area contributed by atoms with Gasteiger partial charge in [-0.25, -0.2) is 0 Å². The van der Waals surface area contributed by atoms with Crippen molar-refractivity contribution in [1.82, 2.24) is 10.1 Å². The average Bonchev–Trinajstić information content (AvgIpc) is 3.26. The Bertz CT molecular complexity index is 1340. The zero-order valence-corrected chi connectivity index (χ0v) is 16.1. The topological polar surface area (TPSA) is 89.4 Å². The van der Waals surface area contributed by atoms with Crippen LogP contribution in [0.4, 0.5) is 5.82 Å². The normalized spacial score (nSPS) is 15.9. The van der Waals surface area contributed by atoms with Crippen LogP contribution in [0, 0.1) is 20.8 Å². The Labute approximate surface area is 165 Å². The molecular weight excluding hydrogens is 370 g/mol. The molecular formula is C22H17N3O4. The molecule has 1 unspecified atom stereocenters. The summed E-state index contributed by atoms with van der Waals surface area (Å²) in [7, 11) is 0. The van der Waals surface area contributed by atoms with Crippen LogP contribution in [-0.2, 0) is 0 Å². The second-order valence-corrected chi connectivity index (χ2v) is 7.26. The molecule has 4 aromatic rings. The van der Waals surface area contributed by atoms with E-state index < -0.39 is 11.9 Å². The van der Waals surface area contributed by atoms with Gasteiger partial charge in [0, 0.05) is 18.5 Å². The first-order valence-electron chi connectivity index (χ1n) is 9.20. The molecule has 0 spiro atoms. The lowest BCUT2D eigenvalue weighted by molar-refractivity contribution is 0.0969. The van der Waals surface area contributed by atoms with Crippen LogP contribution in [-0.4, -0.2) is 16.0 Å². The molecule has 1 aliphatic heterocycles. The Morgan fingerprint density at radius 1 is 1.00 bits per heavy atom. The molecule has 144 valence electrons. The van der Waals surface area contributed by atoms with Crippen molar-refractivity contribution in [2.24, 2.45) is 0 Å². The van der Waals surface area contributed by atoms with Crippen LogP contribution >= 0.6 is 0 Å². The Kier molecular flexibility index (Phi) is 3.67. The summed E-state index contributed by atoms with van der Waals surface area (Å²) in [4.78, 5) is 32.3. The summed E-state index contributed by atoms with van der Waals surface area (Å²) < 4.78 is 11.2. The van der Waals surface area contributed by atoms with Crippen LogP contribution in [0.3, 0.4) is 0 Å². The van der Waals surface area contributed by atoms with E-state index in [1.807, 2.05) is 19.9 Å². The maximum atomic E-state index is 13.5. The fourth-order valence-corrected chi connectivity index (χ4v) is 3.79. The summed E-state index contributed by atoms with van der Waals surface area (Å²) in [6.07, 6.45) is 3.25. The van der Waals surface area contributed by atoms with Crippen LogP contribution < -0.4 is 10.3 Å². The maximum Gasteiger partial charge on any atom is 0.296 e. The van der Waals surface area contributed by atoms with Crippen LogP contribution in [0.15, 0.2) is 56.5 Å². The van der Waals surface area contributed by atoms with E-state index in [2.05, 4.69) is 10.1 Å². The van der Waals surface area contributed by atoms with Crippen LogP contribution in [0.25, 0.3) is 11.0 Å². The third-order valence-electron chi connectivity index (χ3n) is 5.37. The second kappa shape index (κ2) is 6.13. The Hall–Kier alpha value is -3.74. The number of hydrogen-bond acceptors (Lipinski definition) is 6. The van der Waals surface area contributed by atoms with E-state index in [1.165, 1.54) is 4.90 Å². The Morgan fingerprint density at radius 3 is 2.41 bits per heavy atom. The van der Waals surface area contributed by atoms with E-state index in [0.29, 0.717) is 28.1 Å². The highest BCUT2D eigenvalue weighted by atomic mass is 16.5. The van der Waals surface area contributed by atoms with Gasteiger partial charge in [-0.1, -0.05) is 5.16 Å². The smallest absolute Gasteiger partial charge is 0.296 e. The van der Waals surface area contributed by atoms with Gasteiger partial charge >= 0.3 is 0 Å². The van der Waals surface area contributed by atoms with Gasteiger partial charge in [-0.2, -0.15) is 0 Å². The van der Waals surface area contributed by atoms with E-state index >= 15 is 0 Å². The van der Waals surface area contributed by atoms with Gasteiger partial charge in [0.25, 0.3) is 5.91 Å². The number of amides is 1.